The molecule has 0 aromatic heterocycles. The lowest BCUT2D eigenvalue weighted by Gasteiger charge is -2.10. The van der Waals surface area contributed by atoms with E-state index in [0.29, 0.717) is 6.54 Å². The van der Waals surface area contributed by atoms with Gasteiger partial charge in [-0.2, -0.15) is 0 Å². The molecule has 0 radical (unpaired) electrons. The number of carbonyl (C=O) groups is 1. The Hall–Kier alpha value is -1.57. The molecule has 78 valence electrons. The lowest BCUT2D eigenvalue weighted by molar-refractivity contribution is -0.124. The molecule has 1 aliphatic carbocycles. The largest absolute Gasteiger partial charge is 0.352 e. The van der Waals surface area contributed by atoms with Gasteiger partial charge in [0, 0.05) is 12.5 Å². The number of nitrogens with one attached hydrogen (secondary N) is 1. The lowest BCUT2D eigenvalue weighted by atomic mass is 10.1. The van der Waals surface area contributed by atoms with Crippen LogP contribution >= 0.6 is 0 Å². The molecule has 0 bridgehead atoms. The molecule has 2 heteroatoms. The average molecular weight is 201 g/mol. The molecule has 1 aromatic rings. The van der Waals surface area contributed by atoms with Gasteiger partial charge in [0.25, 0.3) is 0 Å². The first kappa shape index (κ1) is 9.97. The molecule has 0 heterocycles. The second kappa shape index (κ2) is 4.78. The zero-order chi connectivity index (χ0) is 10.5. The van der Waals surface area contributed by atoms with Crippen LogP contribution in [0.1, 0.15) is 18.4 Å². The van der Waals surface area contributed by atoms with E-state index in [1.807, 2.05) is 30.3 Å². The summed E-state index contributed by atoms with van der Waals surface area (Å²) >= 11 is 0. The van der Waals surface area contributed by atoms with Crippen molar-refractivity contribution in [1.82, 2.24) is 5.32 Å². The van der Waals surface area contributed by atoms with Crippen molar-refractivity contribution < 1.29 is 4.79 Å². The highest BCUT2D eigenvalue weighted by Gasteiger charge is 2.18. The number of hydrogen-bond donors (Lipinski definition) is 1. The summed E-state index contributed by atoms with van der Waals surface area (Å²) in [6.07, 6.45) is 5.93. The number of rotatable bonds is 3. The van der Waals surface area contributed by atoms with Crippen LogP contribution in [0, 0.1) is 5.92 Å². The molecule has 2 rings (SSSR count). The van der Waals surface area contributed by atoms with E-state index in [0.717, 1.165) is 18.4 Å². The fourth-order valence-corrected chi connectivity index (χ4v) is 1.76. The standard InChI is InChI=1S/C13H15NO/c15-13(12-8-4-5-9-12)14-10-11-6-2-1-3-7-11/h1-7,12H,8-10H2,(H,14,15). The van der Waals surface area contributed by atoms with E-state index in [9.17, 15) is 4.79 Å². The minimum absolute atomic E-state index is 0.161. The van der Waals surface area contributed by atoms with Gasteiger partial charge in [-0.15, -0.1) is 0 Å². The van der Waals surface area contributed by atoms with E-state index >= 15 is 0 Å². The molecule has 1 amide bonds. The van der Waals surface area contributed by atoms with Crippen LogP contribution in [-0.2, 0) is 11.3 Å². The van der Waals surface area contributed by atoms with Gasteiger partial charge in [0.1, 0.15) is 0 Å². The van der Waals surface area contributed by atoms with Gasteiger partial charge in [0.05, 0.1) is 0 Å². The molecule has 2 nitrogen and oxygen atoms in total. The van der Waals surface area contributed by atoms with Gasteiger partial charge in [-0.3, -0.25) is 4.79 Å². The summed E-state index contributed by atoms with van der Waals surface area (Å²) in [5.74, 6) is 0.331. The Morgan fingerprint density at radius 3 is 2.53 bits per heavy atom. The zero-order valence-electron chi connectivity index (χ0n) is 8.65. The van der Waals surface area contributed by atoms with Crippen molar-refractivity contribution in [1.29, 1.82) is 0 Å². The van der Waals surface area contributed by atoms with Crippen molar-refractivity contribution in [3.8, 4) is 0 Å². The van der Waals surface area contributed by atoms with Gasteiger partial charge >= 0.3 is 0 Å². The topological polar surface area (TPSA) is 29.1 Å². The molecular formula is C13H15NO. The van der Waals surface area contributed by atoms with Gasteiger partial charge in [-0.05, 0) is 18.4 Å². The second-order valence-electron chi connectivity index (χ2n) is 3.84. The molecule has 0 saturated carbocycles. The summed E-state index contributed by atoms with van der Waals surface area (Å²) < 4.78 is 0. The normalized spacial score (nSPS) is 15.5. The molecule has 0 saturated heterocycles. The van der Waals surface area contributed by atoms with Crippen molar-refractivity contribution in [2.24, 2.45) is 5.92 Å². The van der Waals surface area contributed by atoms with Gasteiger partial charge in [-0.25, -0.2) is 0 Å². The second-order valence-corrected chi connectivity index (χ2v) is 3.84. The van der Waals surface area contributed by atoms with Crippen LogP contribution in [0.25, 0.3) is 0 Å². The van der Waals surface area contributed by atoms with Crippen molar-refractivity contribution in [3.05, 3.63) is 48.0 Å². The average Bonchev–Trinajstić information content (AvgIpc) is 2.81. The number of benzene rings is 1. The van der Waals surface area contributed by atoms with E-state index in [1.165, 1.54) is 0 Å². The quantitative estimate of drug-likeness (QED) is 0.747. The SMILES string of the molecule is O=C(NCc1ccccc1)C1CC=CC1. The van der Waals surface area contributed by atoms with Crippen LogP contribution < -0.4 is 5.32 Å². The van der Waals surface area contributed by atoms with Crippen LogP contribution in [0.15, 0.2) is 42.5 Å². The van der Waals surface area contributed by atoms with Gasteiger partial charge in [0.2, 0.25) is 5.91 Å². The Bertz CT molecular complexity index is 348. The first-order chi connectivity index (χ1) is 7.36. The predicted octanol–water partition coefficient (Wildman–Crippen LogP) is 2.27. The molecule has 15 heavy (non-hydrogen) atoms. The first-order valence-corrected chi connectivity index (χ1v) is 5.33. The molecule has 1 aliphatic rings. The van der Waals surface area contributed by atoms with Crippen molar-refractivity contribution in [2.45, 2.75) is 19.4 Å². The fraction of sp³-hybridized carbons (Fsp3) is 0.308. The fourth-order valence-electron chi connectivity index (χ4n) is 1.76. The Balaban J connectivity index is 1.81. The van der Waals surface area contributed by atoms with Crippen LogP contribution in [-0.4, -0.2) is 5.91 Å². The van der Waals surface area contributed by atoms with Crippen LogP contribution in [0.2, 0.25) is 0 Å². The third kappa shape index (κ3) is 2.69. The van der Waals surface area contributed by atoms with Crippen LogP contribution in [0.4, 0.5) is 0 Å². The van der Waals surface area contributed by atoms with Crippen LogP contribution in [0.5, 0.6) is 0 Å². The van der Waals surface area contributed by atoms with Gasteiger partial charge in [0.15, 0.2) is 0 Å². The first-order valence-electron chi connectivity index (χ1n) is 5.33. The summed E-state index contributed by atoms with van der Waals surface area (Å²) in [5.41, 5.74) is 1.15. The third-order valence-electron chi connectivity index (χ3n) is 2.69. The predicted molar refractivity (Wildman–Crippen MR) is 60.2 cm³/mol. The van der Waals surface area contributed by atoms with E-state index in [1.54, 1.807) is 0 Å². The summed E-state index contributed by atoms with van der Waals surface area (Å²) in [7, 11) is 0. The molecular weight excluding hydrogens is 186 g/mol. The summed E-state index contributed by atoms with van der Waals surface area (Å²) in [4.78, 5) is 11.7. The van der Waals surface area contributed by atoms with Crippen molar-refractivity contribution in [2.75, 3.05) is 0 Å². The zero-order valence-corrected chi connectivity index (χ0v) is 8.65. The Kier molecular flexibility index (Phi) is 3.18. The maximum atomic E-state index is 11.7. The van der Waals surface area contributed by atoms with Gasteiger partial charge in [-0.1, -0.05) is 42.5 Å². The molecule has 0 spiro atoms. The summed E-state index contributed by atoms with van der Waals surface area (Å²) in [6.45, 7) is 0.635. The maximum absolute atomic E-state index is 11.7. The smallest absolute Gasteiger partial charge is 0.224 e. The Labute approximate surface area is 90.0 Å². The Morgan fingerprint density at radius 2 is 1.87 bits per heavy atom. The van der Waals surface area contributed by atoms with E-state index in [-0.39, 0.29) is 11.8 Å². The minimum atomic E-state index is 0.161. The number of allylic oxidation sites excluding steroid dienone is 2. The number of hydrogen-bond acceptors (Lipinski definition) is 1. The maximum Gasteiger partial charge on any atom is 0.224 e. The monoisotopic (exact) mass is 201 g/mol. The molecule has 1 N–H and O–H groups in total. The summed E-state index contributed by atoms with van der Waals surface area (Å²) in [6, 6.07) is 9.99. The molecule has 1 aromatic carbocycles. The number of carbonyl (C=O) groups excluding carboxylic acids is 1. The van der Waals surface area contributed by atoms with Crippen LogP contribution in [0.3, 0.4) is 0 Å². The number of amides is 1. The molecule has 0 atom stereocenters. The van der Waals surface area contributed by atoms with E-state index in [4.69, 9.17) is 0 Å². The van der Waals surface area contributed by atoms with E-state index in [2.05, 4.69) is 17.5 Å². The highest BCUT2D eigenvalue weighted by molar-refractivity contribution is 5.79. The molecule has 0 fully saturated rings. The molecule has 0 unspecified atom stereocenters. The summed E-state index contributed by atoms with van der Waals surface area (Å²) in [5, 5.41) is 2.96. The van der Waals surface area contributed by atoms with Crippen molar-refractivity contribution >= 4 is 5.91 Å². The van der Waals surface area contributed by atoms with E-state index < -0.39 is 0 Å². The molecule has 0 aliphatic heterocycles. The minimum Gasteiger partial charge on any atom is -0.352 e. The third-order valence-corrected chi connectivity index (χ3v) is 2.69. The lowest BCUT2D eigenvalue weighted by Crippen LogP contribution is -2.28. The van der Waals surface area contributed by atoms with Crippen molar-refractivity contribution in [3.63, 3.8) is 0 Å². The van der Waals surface area contributed by atoms with Gasteiger partial charge < -0.3 is 5.32 Å². The Morgan fingerprint density at radius 1 is 1.20 bits per heavy atom. The highest BCUT2D eigenvalue weighted by atomic mass is 16.1. The highest BCUT2D eigenvalue weighted by Crippen LogP contribution is 2.17.